The van der Waals surface area contributed by atoms with E-state index in [0.717, 1.165) is 5.56 Å². The number of thioether (sulfide) groups is 1. The molecule has 0 aliphatic carbocycles. The van der Waals surface area contributed by atoms with Crippen LogP contribution >= 0.6 is 23.4 Å². The number of aromatic nitrogens is 3. The molecule has 5 nitrogen and oxygen atoms in total. The predicted molar refractivity (Wildman–Crippen MR) is 107 cm³/mol. The molecule has 8 heteroatoms. The van der Waals surface area contributed by atoms with E-state index in [1.54, 1.807) is 29.2 Å². The third kappa shape index (κ3) is 4.48. The lowest BCUT2D eigenvalue weighted by Gasteiger charge is -2.20. The molecule has 0 fully saturated rings. The highest BCUT2D eigenvalue weighted by Gasteiger charge is 2.17. The molecular weight excluding hydrogens is 387 g/mol. The van der Waals surface area contributed by atoms with Gasteiger partial charge in [0.15, 0.2) is 11.0 Å². The average molecular weight is 405 g/mol. The lowest BCUT2D eigenvalue weighted by molar-refractivity contribution is -0.116. The maximum Gasteiger partial charge on any atom is 0.237 e. The Hall–Kier alpha value is -2.38. The number of amides is 1. The largest absolute Gasteiger partial charge is 0.312 e. The molecule has 2 aromatic carbocycles. The van der Waals surface area contributed by atoms with Gasteiger partial charge in [-0.3, -0.25) is 4.79 Å². The normalized spacial score (nSPS) is 10.8. The summed E-state index contributed by atoms with van der Waals surface area (Å²) in [5.74, 6) is 0.501. The van der Waals surface area contributed by atoms with Crippen molar-refractivity contribution in [3.05, 3.63) is 59.4 Å². The van der Waals surface area contributed by atoms with E-state index < -0.39 is 0 Å². The first kappa shape index (κ1) is 19.4. The number of benzene rings is 2. The van der Waals surface area contributed by atoms with Crippen LogP contribution in [0.15, 0.2) is 53.7 Å². The van der Waals surface area contributed by atoms with Crippen molar-refractivity contribution in [1.82, 2.24) is 14.8 Å². The van der Waals surface area contributed by atoms with E-state index in [1.165, 1.54) is 23.9 Å². The number of carbonyl (C=O) groups excluding carboxylic acids is 1. The van der Waals surface area contributed by atoms with Gasteiger partial charge in [0, 0.05) is 29.9 Å². The first-order chi connectivity index (χ1) is 13.0. The summed E-state index contributed by atoms with van der Waals surface area (Å²) in [6.07, 6.45) is 0. The Balaban J connectivity index is 1.70. The monoisotopic (exact) mass is 404 g/mol. The minimum absolute atomic E-state index is 0.0786. The maximum absolute atomic E-state index is 13.1. The van der Waals surface area contributed by atoms with Gasteiger partial charge in [0.25, 0.3) is 0 Å². The lowest BCUT2D eigenvalue weighted by Crippen LogP contribution is -2.32. The van der Waals surface area contributed by atoms with Crippen LogP contribution in [0.25, 0.3) is 11.4 Å². The number of hydrogen-bond acceptors (Lipinski definition) is 4. The molecule has 0 atom stereocenters. The molecule has 0 aliphatic rings. The van der Waals surface area contributed by atoms with E-state index in [9.17, 15) is 9.18 Å². The second kappa shape index (κ2) is 8.54. The van der Waals surface area contributed by atoms with Gasteiger partial charge in [-0.2, -0.15) is 0 Å². The molecule has 1 aromatic heterocycles. The Morgan fingerprint density at radius 1 is 1.15 bits per heavy atom. The molecule has 3 rings (SSSR count). The molecule has 140 valence electrons. The van der Waals surface area contributed by atoms with Crippen LogP contribution in [0, 0.1) is 5.82 Å². The van der Waals surface area contributed by atoms with Crippen LogP contribution in [0.3, 0.4) is 0 Å². The van der Waals surface area contributed by atoms with E-state index >= 15 is 0 Å². The Morgan fingerprint density at radius 2 is 1.81 bits per heavy atom. The molecule has 3 aromatic rings. The van der Waals surface area contributed by atoms with Crippen molar-refractivity contribution in [3.63, 3.8) is 0 Å². The first-order valence-corrected chi connectivity index (χ1v) is 9.70. The van der Waals surface area contributed by atoms with Crippen LogP contribution in [0.2, 0.25) is 5.02 Å². The average Bonchev–Trinajstić information content (AvgIpc) is 3.03. The lowest BCUT2D eigenvalue weighted by atomic mass is 10.2. The van der Waals surface area contributed by atoms with Gasteiger partial charge < -0.3 is 9.47 Å². The van der Waals surface area contributed by atoms with Gasteiger partial charge in [0.2, 0.25) is 5.91 Å². The van der Waals surface area contributed by atoms with Gasteiger partial charge in [-0.05, 0) is 55.5 Å². The van der Waals surface area contributed by atoms with Gasteiger partial charge in [-0.25, -0.2) is 4.39 Å². The summed E-state index contributed by atoms with van der Waals surface area (Å²) in [5.41, 5.74) is 1.57. The Bertz CT molecular complexity index is 928. The van der Waals surface area contributed by atoms with Crippen LogP contribution in [-0.2, 0) is 11.8 Å². The highest BCUT2D eigenvalue weighted by molar-refractivity contribution is 7.99. The fourth-order valence-corrected chi connectivity index (χ4v) is 3.53. The fourth-order valence-electron chi connectivity index (χ4n) is 2.62. The summed E-state index contributed by atoms with van der Waals surface area (Å²) in [4.78, 5) is 14.2. The predicted octanol–water partition coefficient (Wildman–Crippen LogP) is 4.42. The van der Waals surface area contributed by atoms with Gasteiger partial charge in [0.05, 0.1) is 5.75 Å². The highest BCUT2D eigenvalue weighted by atomic mass is 35.5. The zero-order chi connectivity index (χ0) is 19.4. The van der Waals surface area contributed by atoms with E-state index in [2.05, 4.69) is 10.2 Å². The van der Waals surface area contributed by atoms with E-state index in [-0.39, 0.29) is 17.5 Å². The zero-order valence-corrected chi connectivity index (χ0v) is 16.5. The summed E-state index contributed by atoms with van der Waals surface area (Å²) >= 11 is 7.23. The Labute approximate surface area is 166 Å². The summed E-state index contributed by atoms with van der Waals surface area (Å²) in [6.45, 7) is 2.38. The summed E-state index contributed by atoms with van der Waals surface area (Å²) in [7, 11) is 1.86. The second-order valence-corrected chi connectivity index (χ2v) is 7.15. The minimum Gasteiger partial charge on any atom is -0.312 e. The second-order valence-electron chi connectivity index (χ2n) is 5.78. The minimum atomic E-state index is -0.328. The molecule has 0 bridgehead atoms. The van der Waals surface area contributed by atoms with Crippen molar-refractivity contribution in [2.24, 2.45) is 7.05 Å². The quantitative estimate of drug-likeness (QED) is 0.570. The molecule has 0 saturated heterocycles. The fraction of sp³-hybridized carbons (Fsp3) is 0.211. The van der Waals surface area contributed by atoms with Crippen LogP contribution in [0.5, 0.6) is 0 Å². The summed E-state index contributed by atoms with van der Waals surface area (Å²) in [5, 5.41) is 9.68. The van der Waals surface area contributed by atoms with Gasteiger partial charge >= 0.3 is 0 Å². The molecule has 1 heterocycles. The first-order valence-electron chi connectivity index (χ1n) is 8.33. The molecule has 0 saturated carbocycles. The van der Waals surface area contributed by atoms with Crippen molar-refractivity contribution in [2.45, 2.75) is 12.1 Å². The number of nitrogens with zero attached hydrogens (tertiary/aromatic N) is 4. The SMILES string of the molecule is CCN(C(=O)CSc1nnc(-c2ccc(Cl)cc2)n1C)c1ccc(F)cc1. The number of halogens is 2. The molecule has 27 heavy (non-hydrogen) atoms. The Kier molecular flexibility index (Phi) is 6.13. The van der Waals surface area contributed by atoms with Crippen molar-refractivity contribution < 1.29 is 9.18 Å². The molecular formula is C19H18ClFN4OS. The van der Waals surface area contributed by atoms with E-state index in [4.69, 9.17) is 11.6 Å². The maximum atomic E-state index is 13.1. The summed E-state index contributed by atoms with van der Waals surface area (Å²) in [6, 6.07) is 13.2. The topological polar surface area (TPSA) is 51.0 Å². The molecule has 0 unspecified atom stereocenters. The van der Waals surface area contributed by atoms with Crippen LogP contribution in [-0.4, -0.2) is 33.0 Å². The van der Waals surface area contributed by atoms with E-state index in [0.29, 0.717) is 28.2 Å². The molecule has 0 N–H and O–H groups in total. The van der Waals surface area contributed by atoms with Crippen molar-refractivity contribution in [3.8, 4) is 11.4 Å². The molecule has 0 aliphatic heterocycles. The molecule has 0 radical (unpaired) electrons. The Morgan fingerprint density at radius 3 is 2.44 bits per heavy atom. The van der Waals surface area contributed by atoms with Gasteiger partial charge in [-0.1, -0.05) is 23.4 Å². The van der Waals surface area contributed by atoms with Crippen LogP contribution in [0.4, 0.5) is 10.1 Å². The van der Waals surface area contributed by atoms with E-state index in [1.807, 2.05) is 30.7 Å². The van der Waals surface area contributed by atoms with Crippen molar-refractivity contribution in [2.75, 3.05) is 17.2 Å². The summed E-state index contributed by atoms with van der Waals surface area (Å²) < 4.78 is 14.9. The van der Waals surface area contributed by atoms with Crippen LogP contribution < -0.4 is 4.90 Å². The van der Waals surface area contributed by atoms with Gasteiger partial charge in [-0.15, -0.1) is 10.2 Å². The number of carbonyl (C=O) groups is 1. The highest BCUT2D eigenvalue weighted by Crippen LogP contribution is 2.25. The van der Waals surface area contributed by atoms with Crippen molar-refractivity contribution >= 4 is 35.0 Å². The van der Waals surface area contributed by atoms with Crippen LogP contribution in [0.1, 0.15) is 6.92 Å². The number of hydrogen-bond donors (Lipinski definition) is 0. The molecule has 1 amide bonds. The number of rotatable bonds is 6. The smallest absolute Gasteiger partial charge is 0.237 e. The zero-order valence-electron chi connectivity index (χ0n) is 14.9. The standard InChI is InChI=1S/C19H18ClFN4OS/c1-3-25(16-10-8-15(21)9-11-16)17(26)12-27-19-23-22-18(24(19)2)13-4-6-14(20)7-5-13/h4-11H,3,12H2,1-2H3. The third-order valence-electron chi connectivity index (χ3n) is 4.02. The van der Waals surface area contributed by atoms with Gasteiger partial charge in [0.1, 0.15) is 5.82 Å². The third-order valence-corrected chi connectivity index (χ3v) is 5.27. The number of anilines is 1. The van der Waals surface area contributed by atoms with Crippen molar-refractivity contribution in [1.29, 1.82) is 0 Å². The molecule has 0 spiro atoms.